The number of hydrogen-bond donors (Lipinski definition) is 4. The predicted molar refractivity (Wildman–Crippen MR) is 112 cm³/mol. The van der Waals surface area contributed by atoms with Crippen LogP contribution in [-0.4, -0.2) is 49.3 Å². The van der Waals surface area contributed by atoms with Gasteiger partial charge in [-0.25, -0.2) is 9.59 Å². The number of phenols is 1. The molecule has 1 aromatic heterocycles. The molecule has 0 bridgehead atoms. The molecule has 0 atom stereocenters. The maximum Gasteiger partial charge on any atom is 0.412 e. The zero-order chi connectivity index (χ0) is 22.4. The number of nitrogens with two attached hydrogens (primary N) is 1. The maximum atomic E-state index is 12.3. The molecule has 0 aliphatic carbocycles. The van der Waals surface area contributed by atoms with E-state index >= 15 is 0 Å². The number of carbonyl (C=O) groups is 3. The van der Waals surface area contributed by atoms with E-state index in [1.165, 1.54) is 13.0 Å². The highest BCUT2D eigenvalue weighted by atomic mass is 16.6. The molecule has 164 valence electrons. The van der Waals surface area contributed by atoms with Crippen molar-refractivity contribution in [1.29, 1.82) is 0 Å². The van der Waals surface area contributed by atoms with Crippen molar-refractivity contribution in [3.63, 3.8) is 0 Å². The van der Waals surface area contributed by atoms with E-state index in [2.05, 4.69) is 15.4 Å². The van der Waals surface area contributed by atoms with Crippen LogP contribution in [0.15, 0.2) is 34.7 Å². The lowest BCUT2D eigenvalue weighted by atomic mass is 10.1. The van der Waals surface area contributed by atoms with Crippen molar-refractivity contribution in [3.05, 3.63) is 36.1 Å². The Morgan fingerprint density at radius 3 is 2.55 bits per heavy atom. The standard InChI is InChI=1S/C21H23N3O7/c1-12(25)16-11-15-17(26)13-5-2-3-6-14(13)18(19(15)30-16)31-21(28)24-8-4-7-23-9-10-29-20(22)27/h2-3,5-6,11,23,26H,4,7-10H2,1H3,(H2,22,27)(H,24,28). The Kier molecular flexibility index (Phi) is 6.93. The molecular formula is C21H23N3O7. The fraction of sp³-hybridized carbons (Fsp3) is 0.286. The van der Waals surface area contributed by atoms with E-state index in [1.807, 2.05) is 0 Å². The first-order valence-electron chi connectivity index (χ1n) is 9.65. The van der Waals surface area contributed by atoms with Crippen molar-refractivity contribution in [3.8, 4) is 11.5 Å². The minimum Gasteiger partial charge on any atom is -0.507 e. The third-order valence-corrected chi connectivity index (χ3v) is 4.48. The molecule has 2 aromatic carbocycles. The molecular weight excluding hydrogens is 406 g/mol. The minimum absolute atomic E-state index is 0.0530. The summed E-state index contributed by atoms with van der Waals surface area (Å²) in [4.78, 5) is 34.5. The lowest BCUT2D eigenvalue weighted by Crippen LogP contribution is -2.31. The molecule has 3 rings (SSSR count). The molecule has 0 unspecified atom stereocenters. The van der Waals surface area contributed by atoms with Crippen LogP contribution in [0.2, 0.25) is 0 Å². The number of Topliss-reactive ketones (excluding diaryl/α,β-unsaturated/α-hetero) is 1. The molecule has 0 fully saturated rings. The number of furan rings is 1. The molecule has 0 saturated carbocycles. The molecule has 5 N–H and O–H groups in total. The number of phenolic OH excluding ortho intramolecular Hbond substituents is 1. The van der Waals surface area contributed by atoms with Crippen LogP contribution in [0.1, 0.15) is 23.9 Å². The van der Waals surface area contributed by atoms with Gasteiger partial charge in [-0.05, 0) is 19.0 Å². The summed E-state index contributed by atoms with van der Waals surface area (Å²) < 4.78 is 15.7. The van der Waals surface area contributed by atoms with Gasteiger partial charge in [0.15, 0.2) is 22.9 Å². The van der Waals surface area contributed by atoms with Crippen LogP contribution in [0.3, 0.4) is 0 Å². The number of primary amides is 1. The SMILES string of the molecule is CC(=O)c1cc2c(O)c3ccccc3c(OC(=O)NCCCNCCOC(N)=O)c2o1. The van der Waals surface area contributed by atoms with Crippen molar-refractivity contribution in [1.82, 2.24) is 10.6 Å². The lowest BCUT2D eigenvalue weighted by Gasteiger charge is -2.11. The van der Waals surface area contributed by atoms with E-state index in [4.69, 9.17) is 14.9 Å². The van der Waals surface area contributed by atoms with Gasteiger partial charge in [-0.3, -0.25) is 4.79 Å². The van der Waals surface area contributed by atoms with Gasteiger partial charge in [-0.1, -0.05) is 24.3 Å². The van der Waals surface area contributed by atoms with Gasteiger partial charge >= 0.3 is 12.2 Å². The molecule has 3 aromatic rings. The van der Waals surface area contributed by atoms with Crippen LogP contribution in [0.25, 0.3) is 21.7 Å². The number of hydrogen-bond acceptors (Lipinski definition) is 8. The summed E-state index contributed by atoms with van der Waals surface area (Å²) in [6.07, 6.45) is -0.920. The molecule has 2 amide bonds. The number of rotatable bonds is 9. The van der Waals surface area contributed by atoms with Crippen LogP contribution in [0, 0.1) is 0 Å². The van der Waals surface area contributed by atoms with Crippen LogP contribution in [0.4, 0.5) is 9.59 Å². The molecule has 10 heteroatoms. The van der Waals surface area contributed by atoms with E-state index < -0.39 is 12.2 Å². The Morgan fingerprint density at radius 1 is 1.10 bits per heavy atom. The van der Waals surface area contributed by atoms with Gasteiger partial charge in [0.2, 0.25) is 0 Å². The quantitative estimate of drug-likeness (QED) is 0.299. The Morgan fingerprint density at radius 2 is 1.84 bits per heavy atom. The number of nitrogens with one attached hydrogen (secondary N) is 2. The highest BCUT2D eigenvalue weighted by Gasteiger charge is 2.22. The normalized spacial score (nSPS) is 10.9. The van der Waals surface area contributed by atoms with E-state index in [1.54, 1.807) is 24.3 Å². The number of carbonyl (C=O) groups excluding carboxylic acids is 3. The summed E-state index contributed by atoms with van der Waals surface area (Å²) in [6.45, 7) is 2.87. The number of benzene rings is 2. The Balaban J connectivity index is 1.67. The lowest BCUT2D eigenvalue weighted by molar-refractivity contribution is 0.0989. The Hall–Kier alpha value is -3.79. The van der Waals surface area contributed by atoms with Crippen molar-refractivity contribution in [2.75, 3.05) is 26.2 Å². The van der Waals surface area contributed by atoms with Gasteiger partial charge in [0.05, 0.1) is 5.39 Å². The molecule has 0 radical (unpaired) electrons. The fourth-order valence-electron chi connectivity index (χ4n) is 3.05. The van der Waals surface area contributed by atoms with Crippen molar-refractivity contribution in [2.24, 2.45) is 5.73 Å². The predicted octanol–water partition coefficient (Wildman–Crippen LogP) is 2.66. The van der Waals surface area contributed by atoms with Crippen molar-refractivity contribution in [2.45, 2.75) is 13.3 Å². The van der Waals surface area contributed by atoms with Crippen LogP contribution >= 0.6 is 0 Å². The van der Waals surface area contributed by atoms with E-state index in [-0.39, 0.29) is 40.6 Å². The fourth-order valence-corrected chi connectivity index (χ4v) is 3.05. The Labute approximate surface area is 177 Å². The molecule has 0 saturated heterocycles. The summed E-state index contributed by atoms with van der Waals surface area (Å²) in [5, 5.41) is 17.5. The molecule has 0 aliphatic rings. The molecule has 1 heterocycles. The van der Waals surface area contributed by atoms with Crippen LogP contribution < -0.4 is 21.1 Å². The number of aromatic hydroxyl groups is 1. The second-order valence-corrected chi connectivity index (χ2v) is 6.72. The van der Waals surface area contributed by atoms with E-state index in [0.29, 0.717) is 36.8 Å². The van der Waals surface area contributed by atoms with Gasteiger partial charge in [-0.2, -0.15) is 0 Å². The number of ketones is 1. The van der Waals surface area contributed by atoms with Crippen molar-refractivity contribution >= 4 is 39.7 Å². The number of amides is 2. The molecule has 10 nitrogen and oxygen atoms in total. The molecule has 31 heavy (non-hydrogen) atoms. The first-order chi connectivity index (χ1) is 14.9. The summed E-state index contributed by atoms with van der Waals surface area (Å²) >= 11 is 0. The first kappa shape index (κ1) is 21.9. The second kappa shape index (κ2) is 9.81. The third kappa shape index (κ3) is 5.23. The smallest absolute Gasteiger partial charge is 0.412 e. The van der Waals surface area contributed by atoms with Crippen LogP contribution in [-0.2, 0) is 4.74 Å². The maximum absolute atomic E-state index is 12.3. The molecule has 0 spiro atoms. The van der Waals surface area contributed by atoms with E-state index in [0.717, 1.165) is 0 Å². The zero-order valence-corrected chi connectivity index (χ0v) is 16.9. The summed E-state index contributed by atoms with van der Waals surface area (Å²) in [5.41, 5.74) is 4.98. The molecule has 0 aliphatic heterocycles. The van der Waals surface area contributed by atoms with Gasteiger partial charge in [-0.15, -0.1) is 0 Å². The Bertz CT molecular complexity index is 1120. The van der Waals surface area contributed by atoms with Gasteiger partial charge in [0, 0.05) is 30.8 Å². The monoisotopic (exact) mass is 429 g/mol. The topological polar surface area (TPSA) is 153 Å². The largest absolute Gasteiger partial charge is 0.507 e. The first-order valence-corrected chi connectivity index (χ1v) is 9.65. The summed E-state index contributed by atoms with van der Waals surface area (Å²) in [5.74, 6) is -0.197. The second-order valence-electron chi connectivity index (χ2n) is 6.72. The average molecular weight is 429 g/mol. The van der Waals surface area contributed by atoms with Gasteiger partial charge in [0.1, 0.15) is 12.4 Å². The highest BCUT2D eigenvalue weighted by Crippen LogP contribution is 2.43. The third-order valence-electron chi connectivity index (χ3n) is 4.48. The van der Waals surface area contributed by atoms with E-state index in [9.17, 15) is 19.5 Å². The van der Waals surface area contributed by atoms with Crippen LogP contribution in [0.5, 0.6) is 11.5 Å². The minimum atomic E-state index is -0.825. The number of fused-ring (bicyclic) bond motifs is 2. The zero-order valence-electron chi connectivity index (χ0n) is 16.9. The summed E-state index contributed by atoms with van der Waals surface area (Å²) in [7, 11) is 0. The highest BCUT2D eigenvalue weighted by molar-refractivity contribution is 6.11. The van der Waals surface area contributed by atoms with Gasteiger partial charge in [0.25, 0.3) is 0 Å². The van der Waals surface area contributed by atoms with Crippen molar-refractivity contribution < 1.29 is 33.4 Å². The number of ether oxygens (including phenoxy) is 2. The summed E-state index contributed by atoms with van der Waals surface area (Å²) in [6, 6.07) is 8.28. The van der Waals surface area contributed by atoms with Gasteiger partial charge < -0.3 is 35.4 Å². The average Bonchev–Trinajstić information content (AvgIpc) is 3.19.